The van der Waals surface area contributed by atoms with Crippen LogP contribution in [-0.2, 0) is 4.74 Å². The first-order valence-corrected chi connectivity index (χ1v) is 7.87. The molecule has 1 aliphatic heterocycles. The molecule has 0 amide bonds. The minimum absolute atomic E-state index is 0.0861. The minimum Gasteiger partial charge on any atom is -0.369 e. The van der Waals surface area contributed by atoms with Crippen LogP contribution in [0.4, 0.5) is 0 Å². The smallest absolute Gasteiger partial charge is 0.0681 e. The molecule has 1 aromatic rings. The van der Waals surface area contributed by atoms with Gasteiger partial charge in [0.25, 0.3) is 0 Å². The van der Waals surface area contributed by atoms with Gasteiger partial charge in [0.05, 0.1) is 17.2 Å². The minimum atomic E-state index is -0.198. The van der Waals surface area contributed by atoms with Gasteiger partial charge < -0.3 is 4.74 Å². The van der Waals surface area contributed by atoms with Gasteiger partial charge in [-0.15, -0.1) is 0 Å². The van der Waals surface area contributed by atoms with Gasteiger partial charge >= 0.3 is 0 Å². The van der Waals surface area contributed by atoms with E-state index in [1.165, 1.54) is 11.1 Å². The molecule has 1 saturated heterocycles. The lowest BCUT2D eigenvalue weighted by Gasteiger charge is -2.33. The summed E-state index contributed by atoms with van der Waals surface area (Å²) in [6, 6.07) is 6.52. The number of halogens is 1. The van der Waals surface area contributed by atoms with Gasteiger partial charge in [0.15, 0.2) is 0 Å². The molecule has 4 heteroatoms. The molecule has 1 aromatic carbocycles. The number of aryl methyl sites for hydroxylation is 1. The van der Waals surface area contributed by atoms with Crippen LogP contribution >= 0.6 is 15.9 Å². The highest BCUT2D eigenvalue weighted by atomic mass is 79.9. The zero-order chi connectivity index (χ0) is 15.1. The summed E-state index contributed by atoms with van der Waals surface area (Å²) in [7, 11) is 0. The van der Waals surface area contributed by atoms with Gasteiger partial charge in [-0.05, 0) is 64.3 Å². The molecule has 0 radical (unpaired) electrons. The van der Waals surface area contributed by atoms with Gasteiger partial charge in [-0.2, -0.15) is 0 Å². The Morgan fingerprint density at radius 3 is 2.40 bits per heavy atom. The summed E-state index contributed by atoms with van der Waals surface area (Å²) in [5, 5.41) is 0. The zero-order valence-corrected chi connectivity index (χ0v) is 14.5. The summed E-state index contributed by atoms with van der Waals surface area (Å²) in [6.45, 7) is 10.7. The number of rotatable bonds is 3. The predicted octanol–water partition coefficient (Wildman–Crippen LogP) is 3.86. The van der Waals surface area contributed by atoms with Gasteiger partial charge in [0.1, 0.15) is 0 Å². The maximum Gasteiger partial charge on any atom is 0.0681 e. The van der Waals surface area contributed by atoms with Crippen molar-refractivity contribution < 1.29 is 4.74 Å². The van der Waals surface area contributed by atoms with Crippen LogP contribution in [0.1, 0.15) is 51.3 Å². The normalized spacial score (nSPS) is 25.6. The molecule has 3 N–H and O–H groups in total. The summed E-state index contributed by atoms with van der Waals surface area (Å²) in [4.78, 5) is 0. The van der Waals surface area contributed by atoms with Crippen LogP contribution in [0.2, 0.25) is 0 Å². The van der Waals surface area contributed by atoms with Crippen molar-refractivity contribution in [2.45, 2.75) is 58.3 Å². The lowest BCUT2D eigenvalue weighted by Crippen LogP contribution is -2.41. The Hall–Kier alpha value is -0.420. The van der Waals surface area contributed by atoms with E-state index in [1.54, 1.807) is 0 Å². The molecule has 2 unspecified atom stereocenters. The fourth-order valence-electron chi connectivity index (χ4n) is 3.51. The molecule has 0 saturated carbocycles. The van der Waals surface area contributed by atoms with Gasteiger partial charge in [0.2, 0.25) is 0 Å². The number of nitrogens with two attached hydrogens (primary N) is 1. The molecule has 1 fully saturated rings. The number of hydrogen-bond donors (Lipinski definition) is 2. The second-order valence-electron chi connectivity index (χ2n) is 6.98. The molecule has 2 rings (SSSR count). The molecular formula is C16H25BrN2O. The third-order valence-corrected chi connectivity index (χ3v) is 4.61. The molecule has 1 aliphatic rings. The van der Waals surface area contributed by atoms with Gasteiger partial charge in [0, 0.05) is 10.4 Å². The van der Waals surface area contributed by atoms with E-state index in [0.717, 1.165) is 10.9 Å². The van der Waals surface area contributed by atoms with E-state index in [-0.39, 0.29) is 17.2 Å². The van der Waals surface area contributed by atoms with E-state index in [1.807, 2.05) is 0 Å². The molecule has 112 valence electrons. The first kappa shape index (κ1) is 16.0. The van der Waals surface area contributed by atoms with Crippen molar-refractivity contribution in [3.63, 3.8) is 0 Å². The van der Waals surface area contributed by atoms with Gasteiger partial charge in [-0.3, -0.25) is 11.3 Å². The SMILES string of the molecule is Cc1cc(Br)cc(C(NN)C2CC(C)(C)OC2(C)C)c1. The Bertz CT molecular complexity index is 479. The average molecular weight is 341 g/mol. The Labute approximate surface area is 130 Å². The quantitative estimate of drug-likeness (QED) is 0.648. The van der Waals surface area contributed by atoms with Crippen LogP contribution in [0.15, 0.2) is 22.7 Å². The molecule has 3 nitrogen and oxygen atoms in total. The van der Waals surface area contributed by atoms with Gasteiger partial charge in [-0.1, -0.05) is 22.0 Å². The third kappa shape index (κ3) is 3.25. The molecule has 0 aromatic heterocycles. The maximum absolute atomic E-state index is 6.21. The van der Waals surface area contributed by atoms with Crippen LogP contribution in [0, 0.1) is 12.8 Å². The summed E-state index contributed by atoms with van der Waals surface area (Å²) >= 11 is 3.57. The summed E-state index contributed by atoms with van der Waals surface area (Å²) < 4.78 is 7.29. The number of hydrazine groups is 1. The second-order valence-corrected chi connectivity index (χ2v) is 7.90. The Balaban J connectivity index is 2.37. The zero-order valence-electron chi connectivity index (χ0n) is 13.0. The van der Waals surface area contributed by atoms with Crippen molar-refractivity contribution in [3.8, 4) is 0 Å². The molecule has 0 aliphatic carbocycles. The van der Waals surface area contributed by atoms with Crippen molar-refractivity contribution >= 4 is 15.9 Å². The lowest BCUT2D eigenvalue weighted by atomic mass is 9.79. The first-order valence-electron chi connectivity index (χ1n) is 7.08. The van der Waals surface area contributed by atoms with Gasteiger partial charge in [-0.25, -0.2) is 0 Å². The Morgan fingerprint density at radius 2 is 1.95 bits per heavy atom. The number of hydrogen-bond acceptors (Lipinski definition) is 3. The summed E-state index contributed by atoms with van der Waals surface area (Å²) in [5.74, 6) is 6.20. The standard InChI is InChI=1S/C16H25BrN2O/c1-10-6-11(8-12(17)7-10)14(19-18)13-9-15(2,3)20-16(13,4)5/h6-8,13-14,19H,9,18H2,1-5H3. The van der Waals surface area contributed by atoms with E-state index in [9.17, 15) is 0 Å². The highest BCUT2D eigenvalue weighted by Gasteiger charge is 2.49. The summed E-state index contributed by atoms with van der Waals surface area (Å²) in [6.07, 6.45) is 0.987. The van der Waals surface area contributed by atoms with Crippen LogP contribution in [0.5, 0.6) is 0 Å². The highest BCUT2D eigenvalue weighted by molar-refractivity contribution is 9.10. The lowest BCUT2D eigenvalue weighted by molar-refractivity contribution is -0.0779. The largest absolute Gasteiger partial charge is 0.369 e. The monoisotopic (exact) mass is 340 g/mol. The van der Waals surface area contributed by atoms with E-state index in [4.69, 9.17) is 10.6 Å². The van der Waals surface area contributed by atoms with E-state index < -0.39 is 0 Å². The van der Waals surface area contributed by atoms with Crippen LogP contribution in [0.3, 0.4) is 0 Å². The highest BCUT2D eigenvalue weighted by Crippen LogP contribution is 2.47. The molecule has 0 spiro atoms. The number of benzene rings is 1. The average Bonchev–Trinajstić information content (AvgIpc) is 2.46. The van der Waals surface area contributed by atoms with Crippen molar-refractivity contribution in [1.29, 1.82) is 0 Å². The topological polar surface area (TPSA) is 47.3 Å². The van der Waals surface area contributed by atoms with E-state index in [0.29, 0.717) is 5.92 Å². The second kappa shape index (κ2) is 5.41. The van der Waals surface area contributed by atoms with Crippen molar-refractivity contribution in [2.75, 3.05) is 0 Å². The molecule has 20 heavy (non-hydrogen) atoms. The number of nitrogens with one attached hydrogen (secondary N) is 1. The van der Waals surface area contributed by atoms with Crippen molar-refractivity contribution in [2.24, 2.45) is 11.8 Å². The molecule has 0 bridgehead atoms. The van der Waals surface area contributed by atoms with E-state index in [2.05, 4.69) is 74.2 Å². The molecule has 1 heterocycles. The van der Waals surface area contributed by atoms with Crippen LogP contribution < -0.4 is 11.3 Å². The van der Waals surface area contributed by atoms with Crippen LogP contribution in [-0.4, -0.2) is 11.2 Å². The fourth-order valence-corrected chi connectivity index (χ4v) is 4.14. The Morgan fingerprint density at radius 1 is 1.30 bits per heavy atom. The number of ether oxygens (including phenoxy) is 1. The third-order valence-electron chi connectivity index (χ3n) is 4.15. The summed E-state index contributed by atoms with van der Waals surface area (Å²) in [5.41, 5.74) is 5.14. The maximum atomic E-state index is 6.21. The van der Waals surface area contributed by atoms with Crippen LogP contribution in [0.25, 0.3) is 0 Å². The van der Waals surface area contributed by atoms with E-state index >= 15 is 0 Å². The Kier molecular flexibility index (Phi) is 4.32. The van der Waals surface area contributed by atoms with Crippen molar-refractivity contribution in [3.05, 3.63) is 33.8 Å². The molecule has 2 atom stereocenters. The first-order chi connectivity index (χ1) is 9.14. The fraction of sp³-hybridized carbons (Fsp3) is 0.625. The van der Waals surface area contributed by atoms with Crippen molar-refractivity contribution in [1.82, 2.24) is 5.43 Å². The predicted molar refractivity (Wildman–Crippen MR) is 86.3 cm³/mol. The molecular weight excluding hydrogens is 316 g/mol.